The fourth-order valence-corrected chi connectivity index (χ4v) is 6.39. The van der Waals surface area contributed by atoms with Gasteiger partial charge < -0.3 is 20.1 Å². The Kier molecular flexibility index (Phi) is 7.51. The summed E-state index contributed by atoms with van der Waals surface area (Å²) in [5, 5.41) is 9.66. The molecule has 13 heteroatoms. The number of nitrogens with one attached hydrogen (secondary N) is 2. The number of hydrogen-bond donors (Lipinski definition) is 2. The molecule has 2 amide bonds. The minimum atomic E-state index is -4.83. The first-order chi connectivity index (χ1) is 20.6. The summed E-state index contributed by atoms with van der Waals surface area (Å²) in [7, 11) is 0.954. The number of alkyl halides is 3. The molecule has 6 rings (SSSR count). The molecule has 2 aromatic heterocycles. The van der Waals surface area contributed by atoms with Crippen molar-refractivity contribution in [1.29, 1.82) is 0 Å². The second-order valence-corrected chi connectivity index (χ2v) is 11.7. The van der Waals surface area contributed by atoms with Gasteiger partial charge in [-0.05, 0) is 61.1 Å². The molecule has 3 heterocycles. The molecular weight excluding hydrogens is 567 g/mol. The molecule has 2 N–H and O–H groups in total. The maximum absolute atomic E-state index is 14.0. The van der Waals surface area contributed by atoms with Gasteiger partial charge in [0.2, 0.25) is 5.91 Å². The predicted molar refractivity (Wildman–Crippen MR) is 145 cm³/mol. The molecule has 3 fully saturated rings. The van der Waals surface area contributed by atoms with Gasteiger partial charge in [0.1, 0.15) is 6.61 Å². The summed E-state index contributed by atoms with van der Waals surface area (Å²) in [6.07, 6.45) is -0.124. The van der Waals surface area contributed by atoms with E-state index in [9.17, 15) is 27.6 Å². The summed E-state index contributed by atoms with van der Waals surface area (Å²) in [6.45, 7) is -0.617. The van der Waals surface area contributed by atoms with Gasteiger partial charge in [-0.2, -0.15) is 18.3 Å². The molecule has 0 spiro atoms. The summed E-state index contributed by atoms with van der Waals surface area (Å²) in [5.74, 6) is -3.55. The van der Waals surface area contributed by atoms with Gasteiger partial charge in [0.15, 0.2) is 11.1 Å². The molecule has 1 saturated heterocycles. The highest BCUT2D eigenvalue weighted by atomic mass is 19.4. The van der Waals surface area contributed by atoms with Gasteiger partial charge in [-0.25, -0.2) is 14.3 Å². The number of rotatable bonds is 10. The van der Waals surface area contributed by atoms with Crippen LogP contribution in [-0.2, 0) is 32.1 Å². The average Bonchev–Trinajstić information content (AvgIpc) is 3.92. The Bertz CT molecular complexity index is 1510. The fourth-order valence-electron chi connectivity index (χ4n) is 6.39. The quantitative estimate of drug-likeness (QED) is 0.265. The Hall–Kier alpha value is -4.16. The van der Waals surface area contributed by atoms with Crippen molar-refractivity contribution in [2.45, 2.75) is 50.9 Å². The number of carbonyl (C=O) groups is 3. The zero-order chi connectivity index (χ0) is 30.4. The van der Waals surface area contributed by atoms with E-state index in [0.29, 0.717) is 23.2 Å². The molecule has 2 unspecified atom stereocenters. The zero-order valence-corrected chi connectivity index (χ0v) is 23.5. The van der Waals surface area contributed by atoms with Crippen LogP contribution in [0, 0.1) is 29.1 Å². The monoisotopic (exact) mass is 599 g/mol. The number of imidazole rings is 1. The maximum atomic E-state index is 14.0. The van der Waals surface area contributed by atoms with E-state index < -0.39 is 54.5 Å². The van der Waals surface area contributed by atoms with E-state index in [1.54, 1.807) is 12.3 Å². The van der Waals surface area contributed by atoms with Crippen LogP contribution in [0.2, 0.25) is 0 Å². The minimum absolute atomic E-state index is 0.0841. The first-order valence-electron chi connectivity index (χ1n) is 14.4. The summed E-state index contributed by atoms with van der Waals surface area (Å²) >= 11 is 0. The van der Waals surface area contributed by atoms with Crippen molar-refractivity contribution in [3.8, 4) is 0 Å². The molecule has 1 aliphatic heterocycles. The van der Waals surface area contributed by atoms with Crippen LogP contribution in [0.25, 0.3) is 5.65 Å². The minimum Gasteiger partial charge on any atom is -0.468 e. The lowest BCUT2D eigenvalue weighted by atomic mass is 9.73. The first-order valence-corrected chi connectivity index (χ1v) is 14.4. The zero-order valence-electron chi connectivity index (χ0n) is 23.5. The lowest BCUT2D eigenvalue weighted by Gasteiger charge is -2.30. The lowest BCUT2D eigenvalue weighted by molar-refractivity contribution is -0.206. The molecule has 1 aromatic carbocycles. The van der Waals surface area contributed by atoms with E-state index in [2.05, 4.69) is 15.7 Å². The van der Waals surface area contributed by atoms with E-state index in [0.717, 1.165) is 38.4 Å². The van der Waals surface area contributed by atoms with Crippen molar-refractivity contribution in [1.82, 2.24) is 25.2 Å². The van der Waals surface area contributed by atoms with Gasteiger partial charge in [-0.1, -0.05) is 30.3 Å². The van der Waals surface area contributed by atoms with E-state index in [1.165, 1.54) is 10.6 Å². The van der Waals surface area contributed by atoms with Crippen molar-refractivity contribution in [2.75, 3.05) is 13.7 Å². The van der Waals surface area contributed by atoms with Crippen LogP contribution < -0.4 is 10.6 Å². The highest BCUT2D eigenvalue weighted by molar-refractivity contribution is 6.05. The second-order valence-electron chi connectivity index (χ2n) is 11.7. The largest absolute Gasteiger partial charge is 0.468 e. The number of carbonyl (C=O) groups excluding carboxylic acids is 3. The van der Waals surface area contributed by atoms with Gasteiger partial charge in [-0.3, -0.25) is 9.59 Å². The van der Waals surface area contributed by atoms with Crippen LogP contribution in [0.4, 0.5) is 18.0 Å². The molecule has 10 nitrogen and oxygen atoms in total. The molecular formula is C30H32F3N5O5. The molecule has 2 aliphatic carbocycles. The molecule has 0 radical (unpaired) electrons. The Balaban J connectivity index is 1.28. The standard InChI is InChI=1S/C30H32F3N5O5/c1-42-27(40)29(22(30(31,32)33)14-34-26(29)39)13-20-11-12-23-35-21(15-38(23)37-20)25(24(18-7-8-18)19-9-10-19)36-28(41)43-16-17-5-3-2-4-6-17/h2-6,11-12,15,18-19,22,24-25H,7-10,13-14,16H2,1H3,(H,34,39)(H,36,41)/t22?,25-,29?/m1/s1. The summed E-state index contributed by atoms with van der Waals surface area (Å²) < 4.78 is 53.5. The lowest BCUT2D eigenvalue weighted by Crippen LogP contribution is -2.50. The second kappa shape index (κ2) is 11.2. The van der Waals surface area contributed by atoms with Gasteiger partial charge in [0.05, 0.1) is 36.7 Å². The van der Waals surface area contributed by atoms with E-state index >= 15 is 0 Å². The normalized spacial score (nSPS) is 22.8. The number of alkyl carbamates (subject to hydrolysis) is 1. The van der Waals surface area contributed by atoms with Crippen molar-refractivity contribution in [2.24, 2.45) is 29.1 Å². The van der Waals surface area contributed by atoms with Crippen LogP contribution in [0.5, 0.6) is 0 Å². The van der Waals surface area contributed by atoms with Crippen molar-refractivity contribution < 1.29 is 37.0 Å². The third kappa shape index (κ3) is 5.76. The topological polar surface area (TPSA) is 124 Å². The Morgan fingerprint density at radius 2 is 1.81 bits per heavy atom. The van der Waals surface area contributed by atoms with Crippen LogP contribution in [-0.4, -0.2) is 52.4 Å². The van der Waals surface area contributed by atoms with Gasteiger partial charge in [0.25, 0.3) is 0 Å². The summed E-state index contributed by atoms with van der Waals surface area (Å²) in [5.41, 5.74) is -0.607. The van der Waals surface area contributed by atoms with Crippen LogP contribution in [0.15, 0.2) is 48.7 Å². The Morgan fingerprint density at radius 3 is 2.44 bits per heavy atom. The molecule has 0 bridgehead atoms. The van der Waals surface area contributed by atoms with Crippen LogP contribution in [0.3, 0.4) is 0 Å². The Morgan fingerprint density at radius 1 is 1.12 bits per heavy atom. The number of aromatic nitrogens is 3. The third-order valence-corrected chi connectivity index (χ3v) is 8.79. The van der Waals surface area contributed by atoms with Crippen molar-refractivity contribution in [3.63, 3.8) is 0 Å². The number of amides is 2. The predicted octanol–water partition coefficient (Wildman–Crippen LogP) is 4.14. The molecule has 43 heavy (non-hydrogen) atoms. The first kappa shape index (κ1) is 28.9. The Labute approximate surface area is 245 Å². The van der Waals surface area contributed by atoms with Gasteiger partial charge in [0, 0.05) is 13.0 Å². The van der Waals surface area contributed by atoms with Gasteiger partial charge >= 0.3 is 18.2 Å². The highest BCUT2D eigenvalue weighted by Crippen LogP contribution is 2.54. The molecule has 228 valence electrons. The number of halogens is 3. The summed E-state index contributed by atoms with van der Waals surface area (Å²) in [6, 6.07) is 11.9. The molecule has 3 aliphatic rings. The fraction of sp³-hybridized carbons (Fsp3) is 0.500. The van der Waals surface area contributed by atoms with Crippen molar-refractivity contribution >= 4 is 23.6 Å². The van der Waals surface area contributed by atoms with Crippen LogP contribution >= 0.6 is 0 Å². The van der Waals surface area contributed by atoms with E-state index in [1.807, 2.05) is 30.3 Å². The van der Waals surface area contributed by atoms with Crippen LogP contribution in [0.1, 0.15) is 48.7 Å². The molecule has 3 aromatic rings. The van der Waals surface area contributed by atoms with Gasteiger partial charge in [-0.15, -0.1) is 0 Å². The van der Waals surface area contributed by atoms with E-state index in [4.69, 9.17) is 14.5 Å². The number of hydrogen-bond acceptors (Lipinski definition) is 7. The SMILES string of the molecule is COC(=O)C1(Cc2ccc3nc([C@@H](NC(=O)OCc4ccccc4)C(C4CC4)C4CC4)cn3n2)C(=O)NCC1C(F)(F)F. The molecule has 2 saturated carbocycles. The van der Waals surface area contributed by atoms with E-state index in [-0.39, 0.29) is 18.2 Å². The molecule has 3 atom stereocenters. The average molecular weight is 600 g/mol. The third-order valence-electron chi connectivity index (χ3n) is 8.79. The number of esters is 1. The smallest absolute Gasteiger partial charge is 0.408 e. The number of nitrogens with zero attached hydrogens (tertiary/aromatic N) is 3. The summed E-state index contributed by atoms with van der Waals surface area (Å²) in [4.78, 5) is 43.2. The van der Waals surface area contributed by atoms with Crippen molar-refractivity contribution in [3.05, 3.63) is 65.6 Å². The number of methoxy groups -OCH3 is 1. The highest BCUT2D eigenvalue weighted by Gasteiger charge is 2.66. The number of benzene rings is 1. The number of fused-ring (bicyclic) bond motifs is 1. The maximum Gasteiger partial charge on any atom is 0.408 e. The number of ether oxygens (including phenoxy) is 2.